The van der Waals surface area contributed by atoms with Crippen molar-refractivity contribution >= 4 is 0 Å². The number of nitrogens with zero attached hydrogens (tertiary/aromatic N) is 3. The Morgan fingerprint density at radius 2 is 0.778 bits per heavy atom. The maximum Gasteiger partial charge on any atom is 0.0519 e. The van der Waals surface area contributed by atoms with Gasteiger partial charge in [0.2, 0.25) is 0 Å². The molecule has 0 amide bonds. The summed E-state index contributed by atoms with van der Waals surface area (Å²) in [6, 6.07) is 2.39. The summed E-state index contributed by atoms with van der Waals surface area (Å²) in [6.07, 6.45) is 0. The van der Waals surface area contributed by atoms with Gasteiger partial charge in [-0.1, -0.05) is 0 Å². The quantitative estimate of drug-likeness (QED) is 0.619. The van der Waals surface area contributed by atoms with E-state index < -0.39 is 0 Å². The van der Waals surface area contributed by atoms with Crippen LogP contribution in [0.5, 0.6) is 0 Å². The predicted octanol–water partition coefficient (Wildman–Crippen LogP) is 3.07. The molecule has 0 radical (unpaired) electrons. The van der Waals surface area contributed by atoms with Crippen LogP contribution in [0.25, 0.3) is 0 Å². The number of hydrogen-bond donors (Lipinski definition) is 0. The van der Waals surface area contributed by atoms with Crippen LogP contribution < -0.4 is 0 Å². The lowest BCUT2D eigenvalue weighted by atomic mass is 10.2. The second kappa shape index (κ2) is 8.13. The Hall–Kier alpha value is -0.120. The molecule has 0 spiro atoms. The van der Waals surface area contributed by atoms with Crippen molar-refractivity contribution in [3.8, 4) is 0 Å². The van der Waals surface area contributed by atoms with Gasteiger partial charge in [-0.05, 0) is 62.4 Å². The Morgan fingerprint density at radius 1 is 0.556 bits per heavy atom. The number of hydrogen-bond acceptors (Lipinski definition) is 3. The fraction of sp³-hybridized carbons (Fsp3) is 1.00. The van der Waals surface area contributed by atoms with E-state index in [9.17, 15) is 0 Å². The molecular formula is C15H35N3. The average molecular weight is 257 g/mol. The molecule has 0 aliphatic rings. The molecule has 3 nitrogen and oxygen atoms in total. The maximum atomic E-state index is 2.53. The molecule has 0 rings (SSSR count). The van der Waals surface area contributed by atoms with Crippen LogP contribution in [0.15, 0.2) is 0 Å². The largest absolute Gasteiger partial charge is 0.286 e. The zero-order valence-corrected chi connectivity index (χ0v) is 14.1. The van der Waals surface area contributed by atoms with E-state index in [1.54, 1.807) is 0 Å². The molecule has 0 aliphatic heterocycles. The van der Waals surface area contributed by atoms with Crippen molar-refractivity contribution in [1.82, 2.24) is 14.7 Å². The van der Waals surface area contributed by atoms with Crippen molar-refractivity contribution in [3.63, 3.8) is 0 Å². The van der Waals surface area contributed by atoms with E-state index in [1.165, 1.54) is 0 Å². The third-order valence-corrected chi connectivity index (χ3v) is 3.46. The van der Waals surface area contributed by atoms with Crippen molar-refractivity contribution in [2.45, 2.75) is 79.6 Å². The second-order valence-electron chi connectivity index (χ2n) is 6.54. The predicted molar refractivity (Wildman–Crippen MR) is 81.7 cm³/mol. The monoisotopic (exact) mass is 257 g/mol. The molecule has 0 aliphatic carbocycles. The lowest BCUT2D eigenvalue weighted by Gasteiger charge is -2.39. The summed E-state index contributed by atoms with van der Waals surface area (Å²) in [5.41, 5.74) is 0. The SMILES string of the molecule is CC(C)N(CN(C)CN(C(C)C)C(C)C)C(C)C. The molecule has 110 valence electrons. The first kappa shape index (κ1) is 17.9. The molecule has 0 heterocycles. The minimum absolute atomic E-state index is 0.596. The van der Waals surface area contributed by atoms with E-state index in [4.69, 9.17) is 0 Å². The lowest BCUT2D eigenvalue weighted by Crippen LogP contribution is -2.50. The minimum atomic E-state index is 0.596. The summed E-state index contributed by atoms with van der Waals surface area (Å²) < 4.78 is 0. The molecule has 0 aromatic rings. The van der Waals surface area contributed by atoms with Crippen LogP contribution in [0.2, 0.25) is 0 Å². The number of rotatable bonds is 8. The topological polar surface area (TPSA) is 9.72 Å². The van der Waals surface area contributed by atoms with Gasteiger partial charge in [-0.15, -0.1) is 0 Å². The van der Waals surface area contributed by atoms with Crippen molar-refractivity contribution < 1.29 is 0 Å². The van der Waals surface area contributed by atoms with E-state index >= 15 is 0 Å². The summed E-state index contributed by atoms with van der Waals surface area (Å²) in [4.78, 5) is 7.47. The van der Waals surface area contributed by atoms with E-state index in [1.807, 2.05) is 0 Å². The minimum Gasteiger partial charge on any atom is -0.286 e. The van der Waals surface area contributed by atoms with Crippen LogP contribution in [0.1, 0.15) is 55.4 Å². The summed E-state index contributed by atoms with van der Waals surface area (Å²) >= 11 is 0. The first-order valence-corrected chi connectivity index (χ1v) is 7.36. The van der Waals surface area contributed by atoms with E-state index in [2.05, 4.69) is 77.1 Å². The first-order chi connectivity index (χ1) is 8.16. The molecule has 0 saturated carbocycles. The smallest absolute Gasteiger partial charge is 0.0519 e. The van der Waals surface area contributed by atoms with Gasteiger partial charge in [0.1, 0.15) is 0 Å². The van der Waals surface area contributed by atoms with Crippen LogP contribution >= 0.6 is 0 Å². The Kier molecular flexibility index (Phi) is 8.08. The maximum absolute atomic E-state index is 2.53. The molecule has 0 saturated heterocycles. The fourth-order valence-electron chi connectivity index (χ4n) is 2.45. The first-order valence-electron chi connectivity index (χ1n) is 7.36. The molecule has 0 N–H and O–H groups in total. The van der Waals surface area contributed by atoms with Gasteiger partial charge in [-0.3, -0.25) is 14.7 Å². The molecule has 0 unspecified atom stereocenters. The summed E-state index contributed by atoms with van der Waals surface area (Å²) in [7, 11) is 2.22. The molecular weight excluding hydrogens is 222 g/mol. The Labute approximate surface area is 115 Å². The average Bonchev–Trinajstić information content (AvgIpc) is 2.20. The molecule has 3 heteroatoms. The van der Waals surface area contributed by atoms with E-state index in [-0.39, 0.29) is 0 Å². The van der Waals surface area contributed by atoms with Crippen molar-refractivity contribution in [2.24, 2.45) is 0 Å². The molecule has 0 fully saturated rings. The third-order valence-electron chi connectivity index (χ3n) is 3.46. The van der Waals surface area contributed by atoms with Gasteiger partial charge in [0.05, 0.1) is 13.3 Å². The van der Waals surface area contributed by atoms with Crippen molar-refractivity contribution in [2.75, 3.05) is 20.4 Å². The third kappa shape index (κ3) is 6.17. The lowest BCUT2D eigenvalue weighted by molar-refractivity contribution is 0.0325. The van der Waals surface area contributed by atoms with Gasteiger partial charge < -0.3 is 0 Å². The molecule has 0 aromatic heterocycles. The van der Waals surface area contributed by atoms with Crippen molar-refractivity contribution in [3.05, 3.63) is 0 Å². The molecule has 0 aromatic carbocycles. The van der Waals surface area contributed by atoms with Gasteiger partial charge in [-0.2, -0.15) is 0 Å². The summed E-state index contributed by atoms with van der Waals surface area (Å²) in [5, 5.41) is 0. The second-order valence-corrected chi connectivity index (χ2v) is 6.54. The van der Waals surface area contributed by atoms with Crippen LogP contribution in [-0.2, 0) is 0 Å². The van der Waals surface area contributed by atoms with E-state index in [0.717, 1.165) is 13.3 Å². The van der Waals surface area contributed by atoms with Crippen LogP contribution in [0.4, 0.5) is 0 Å². The molecule has 0 bridgehead atoms. The van der Waals surface area contributed by atoms with E-state index in [0.29, 0.717) is 24.2 Å². The van der Waals surface area contributed by atoms with Crippen LogP contribution in [-0.4, -0.2) is 59.3 Å². The van der Waals surface area contributed by atoms with Gasteiger partial charge in [0, 0.05) is 24.2 Å². The van der Waals surface area contributed by atoms with Crippen molar-refractivity contribution in [1.29, 1.82) is 0 Å². The highest BCUT2D eigenvalue weighted by molar-refractivity contribution is 4.70. The Balaban J connectivity index is 4.42. The zero-order chi connectivity index (χ0) is 14.5. The summed E-state index contributed by atoms with van der Waals surface area (Å²) in [5.74, 6) is 0. The zero-order valence-electron chi connectivity index (χ0n) is 14.1. The van der Waals surface area contributed by atoms with Gasteiger partial charge in [0.15, 0.2) is 0 Å². The highest BCUT2D eigenvalue weighted by Gasteiger charge is 2.19. The standard InChI is InChI=1S/C15H35N3/c1-12(2)17(13(3)4)10-16(9)11-18(14(5)6)15(7)8/h12-15H,10-11H2,1-9H3. The Morgan fingerprint density at radius 3 is 0.944 bits per heavy atom. The normalized spacial score (nSPS) is 13.3. The molecule has 0 atom stereocenters. The van der Waals surface area contributed by atoms with Gasteiger partial charge in [-0.25, -0.2) is 0 Å². The highest BCUT2D eigenvalue weighted by atomic mass is 15.4. The highest BCUT2D eigenvalue weighted by Crippen LogP contribution is 2.09. The van der Waals surface area contributed by atoms with Crippen LogP contribution in [0, 0.1) is 0 Å². The summed E-state index contributed by atoms with van der Waals surface area (Å²) in [6.45, 7) is 20.3. The Bertz CT molecular complexity index is 174. The van der Waals surface area contributed by atoms with Gasteiger partial charge in [0.25, 0.3) is 0 Å². The van der Waals surface area contributed by atoms with Gasteiger partial charge >= 0.3 is 0 Å². The molecule has 18 heavy (non-hydrogen) atoms. The van der Waals surface area contributed by atoms with Crippen LogP contribution in [0.3, 0.4) is 0 Å². The fourth-order valence-corrected chi connectivity index (χ4v) is 2.45.